The molecule has 0 aliphatic rings. The average Bonchev–Trinajstić information content (AvgIpc) is 2.48. The van der Waals surface area contributed by atoms with E-state index in [9.17, 15) is 16.8 Å². The van der Waals surface area contributed by atoms with Gasteiger partial charge < -0.3 is 0 Å². The summed E-state index contributed by atoms with van der Waals surface area (Å²) in [4.78, 5) is 3.85. The lowest BCUT2D eigenvalue weighted by molar-refractivity contribution is 0.520. The normalized spacial score (nSPS) is 12.3. The van der Waals surface area contributed by atoms with Gasteiger partial charge in [-0.15, -0.1) is 0 Å². The molecule has 0 aliphatic heterocycles. The van der Waals surface area contributed by atoms with Crippen molar-refractivity contribution in [1.29, 1.82) is 0 Å². The van der Waals surface area contributed by atoms with Gasteiger partial charge in [0.05, 0.1) is 9.79 Å². The Bertz CT molecular complexity index is 846. The quantitative estimate of drug-likeness (QED) is 0.879. The number of anilines is 1. The van der Waals surface area contributed by atoms with Crippen LogP contribution in [-0.4, -0.2) is 40.2 Å². The second-order valence-corrected chi connectivity index (χ2v) is 8.41. The van der Waals surface area contributed by atoms with Crippen molar-refractivity contribution in [3.63, 3.8) is 0 Å². The lowest BCUT2D eigenvalue weighted by atomic mass is 10.4. The number of aromatic nitrogens is 1. The molecule has 7 nitrogen and oxygen atoms in total. The Morgan fingerprint density at radius 1 is 0.909 bits per heavy atom. The molecule has 22 heavy (non-hydrogen) atoms. The lowest BCUT2D eigenvalue weighted by Gasteiger charge is -2.12. The molecule has 2 rings (SSSR count). The lowest BCUT2D eigenvalue weighted by Crippen LogP contribution is -2.22. The predicted octanol–water partition coefficient (Wildman–Crippen LogP) is 1.13. The maximum absolute atomic E-state index is 12.2. The zero-order valence-corrected chi connectivity index (χ0v) is 13.6. The first-order valence-electron chi connectivity index (χ1n) is 6.20. The number of nitrogens with zero attached hydrogens (tertiary/aromatic N) is 2. The van der Waals surface area contributed by atoms with Crippen molar-refractivity contribution in [1.82, 2.24) is 9.29 Å². The van der Waals surface area contributed by atoms with Crippen molar-refractivity contribution < 1.29 is 16.8 Å². The Morgan fingerprint density at radius 2 is 1.50 bits per heavy atom. The zero-order chi connectivity index (χ0) is 16.4. The molecule has 9 heteroatoms. The summed E-state index contributed by atoms with van der Waals surface area (Å²) >= 11 is 0. The summed E-state index contributed by atoms with van der Waals surface area (Å²) in [6.45, 7) is 0. The number of pyridine rings is 1. The molecule has 0 aliphatic carbocycles. The number of hydrogen-bond donors (Lipinski definition) is 1. The highest BCUT2D eigenvalue weighted by molar-refractivity contribution is 7.92. The first-order chi connectivity index (χ1) is 10.2. The van der Waals surface area contributed by atoms with Gasteiger partial charge in [-0.2, -0.15) is 0 Å². The summed E-state index contributed by atoms with van der Waals surface area (Å²) in [7, 11) is -4.60. The van der Waals surface area contributed by atoms with Gasteiger partial charge in [-0.05, 0) is 36.4 Å². The van der Waals surface area contributed by atoms with Gasteiger partial charge in [-0.25, -0.2) is 26.1 Å². The molecule has 0 unspecified atom stereocenters. The summed E-state index contributed by atoms with van der Waals surface area (Å²) < 4.78 is 51.6. The SMILES string of the molecule is CN(C)S(=O)(=O)c1ccc(S(=O)(=O)Nc2ccccn2)cc1. The Kier molecular flexibility index (Phi) is 4.50. The standard InChI is InChI=1S/C13H15N3O4S2/c1-16(2)22(19,20)12-8-6-11(7-9-12)21(17,18)15-13-5-3-4-10-14-13/h3-10H,1-2H3,(H,14,15). The van der Waals surface area contributed by atoms with E-state index in [2.05, 4.69) is 9.71 Å². The van der Waals surface area contributed by atoms with Gasteiger partial charge in [-0.1, -0.05) is 6.07 Å². The molecule has 118 valence electrons. The number of sulfonamides is 2. The van der Waals surface area contributed by atoms with Crippen LogP contribution in [0.25, 0.3) is 0 Å². The van der Waals surface area contributed by atoms with Crippen molar-refractivity contribution in [3.05, 3.63) is 48.7 Å². The van der Waals surface area contributed by atoms with E-state index in [0.717, 1.165) is 4.31 Å². The van der Waals surface area contributed by atoms with Gasteiger partial charge in [0, 0.05) is 20.3 Å². The number of hydrogen-bond acceptors (Lipinski definition) is 5. The predicted molar refractivity (Wildman–Crippen MR) is 82.4 cm³/mol. The fourth-order valence-corrected chi connectivity index (χ4v) is 3.53. The van der Waals surface area contributed by atoms with E-state index in [-0.39, 0.29) is 15.6 Å². The highest BCUT2D eigenvalue weighted by atomic mass is 32.2. The molecular formula is C13H15N3O4S2. The molecule has 0 radical (unpaired) electrons. The molecule has 0 spiro atoms. The minimum atomic E-state index is -3.82. The summed E-state index contributed by atoms with van der Waals surface area (Å²) in [5.41, 5.74) is 0. The van der Waals surface area contributed by atoms with Gasteiger partial charge in [-0.3, -0.25) is 4.72 Å². The van der Waals surface area contributed by atoms with E-state index in [1.165, 1.54) is 50.6 Å². The molecule has 1 aromatic carbocycles. The third kappa shape index (κ3) is 3.43. The van der Waals surface area contributed by atoms with Crippen molar-refractivity contribution in [2.24, 2.45) is 0 Å². The van der Waals surface area contributed by atoms with Crippen LogP contribution in [0.4, 0.5) is 5.82 Å². The Balaban J connectivity index is 2.31. The van der Waals surface area contributed by atoms with E-state index >= 15 is 0 Å². The Labute approximate surface area is 129 Å². The van der Waals surface area contributed by atoms with Crippen LogP contribution in [0.5, 0.6) is 0 Å². The first kappa shape index (κ1) is 16.4. The third-order valence-electron chi connectivity index (χ3n) is 2.82. The van der Waals surface area contributed by atoms with E-state index in [1.54, 1.807) is 12.1 Å². The Hall–Kier alpha value is -1.97. The summed E-state index contributed by atoms with van der Waals surface area (Å²) in [5, 5.41) is 0. The fraction of sp³-hybridized carbons (Fsp3) is 0.154. The van der Waals surface area contributed by atoms with Crippen molar-refractivity contribution in [3.8, 4) is 0 Å². The second kappa shape index (κ2) is 6.03. The van der Waals surface area contributed by atoms with Crippen LogP contribution in [0, 0.1) is 0 Å². The van der Waals surface area contributed by atoms with Crippen LogP contribution in [0.2, 0.25) is 0 Å². The van der Waals surface area contributed by atoms with Gasteiger partial charge in [0.1, 0.15) is 5.82 Å². The van der Waals surface area contributed by atoms with Gasteiger partial charge in [0.25, 0.3) is 10.0 Å². The maximum Gasteiger partial charge on any atom is 0.263 e. The van der Waals surface area contributed by atoms with Gasteiger partial charge in [0.15, 0.2) is 0 Å². The van der Waals surface area contributed by atoms with E-state index in [0.29, 0.717) is 0 Å². The molecule has 1 heterocycles. The fourth-order valence-electron chi connectivity index (χ4n) is 1.62. The van der Waals surface area contributed by atoms with Crippen LogP contribution in [-0.2, 0) is 20.0 Å². The first-order valence-corrected chi connectivity index (χ1v) is 9.12. The van der Waals surface area contributed by atoms with Crippen molar-refractivity contribution >= 4 is 25.9 Å². The van der Waals surface area contributed by atoms with Crippen LogP contribution >= 0.6 is 0 Å². The smallest absolute Gasteiger partial charge is 0.263 e. The molecule has 2 aromatic rings. The van der Waals surface area contributed by atoms with Crippen LogP contribution in [0.15, 0.2) is 58.5 Å². The summed E-state index contributed by atoms with van der Waals surface area (Å²) in [6.07, 6.45) is 1.46. The van der Waals surface area contributed by atoms with E-state index in [1.807, 2.05) is 0 Å². The molecule has 1 N–H and O–H groups in total. The van der Waals surface area contributed by atoms with E-state index in [4.69, 9.17) is 0 Å². The maximum atomic E-state index is 12.2. The minimum Gasteiger partial charge on any atom is -0.263 e. The molecule has 0 saturated carbocycles. The molecule has 0 amide bonds. The molecular weight excluding hydrogens is 326 g/mol. The van der Waals surface area contributed by atoms with Crippen molar-refractivity contribution in [2.75, 3.05) is 18.8 Å². The third-order valence-corrected chi connectivity index (χ3v) is 6.02. The average molecular weight is 341 g/mol. The molecule has 0 bridgehead atoms. The monoisotopic (exact) mass is 341 g/mol. The highest BCUT2D eigenvalue weighted by Gasteiger charge is 2.19. The van der Waals surface area contributed by atoms with Crippen molar-refractivity contribution in [2.45, 2.75) is 9.79 Å². The van der Waals surface area contributed by atoms with Crippen LogP contribution in [0.3, 0.4) is 0 Å². The molecule has 0 fully saturated rings. The molecule has 0 atom stereocenters. The highest BCUT2D eigenvalue weighted by Crippen LogP contribution is 2.18. The van der Waals surface area contributed by atoms with E-state index < -0.39 is 20.0 Å². The topological polar surface area (TPSA) is 96.4 Å². The largest absolute Gasteiger partial charge is 0.263 e. The Morgan fingerprint density at radius 3 is 2.00 bits per heavy atom. The minimum absolute atomic E-state index is 0.0225. The number of benzene rings is 1. The number of rotatable bonds is 5. The molecule has 1 aromatic heterocycles. The second-order valence-electron chi connectivity index (χ2n) is 4.58. The van der Waals surface area contributed by atoms with Gasteiger partial charge >= 0.3 is 0 Å². The van der Waals surface area contributed by atoms with Gasteiger partial charge in [0.2, 0.25) is 10.0 Å². The van der Waals surface area contributed by atoms with Crippen LogP contribution < -0.4 is 4.72 Å². The number of nitrogens with one attached hydrogen (secondary N) is 1. The zero-order valence-electron chi connectivity index (χ0n) is 12.0. The summed E-state index contributed by atoms with van der Waals surface area (Å²) in [6, 6.07) is 9.81. The van der Waals surface area contributed by atoms with Crippen LogP contribution in [0.1, 0.15) is 0 Å². The molecule has 0 saturated heterocycles. The summed E-state index contributed by atoms with van der Waals surface area (Å²) in [5.74, 6) is 0.187.